The van der Waals surface area contributed by atoms with Gasteiger partial charge in [0.05, 0.1) is 0 Å². The minimum atomic E-state index is -0.446. The Morgan fingerprint density at radius 3 is 0.952 bits per heavy atom. The van der Waals surface area contributed by atoms with Gasteiger partial charge >= 0.3 is 0 Å². The summed E-state index contributed by atoms with van der Waals surface area (Å²) in [7, 11) is -0.446. The highest BCUT2D eigenvalue weighted by molar-refractivity contribution is 7.79. The Morgan fingerprint density at radius 2 is 0.714 bits per heavy atom. The van der Waals surface area contributed by atoms with Gasteiger partial charge in [-0.2, -0.15) is 0 Å². The van der Waals surface area contributed by atoms with Crippen LogP contribution < -0.4 is 15.9 Å². The zero-order chi connectivity index (χ0) is 14.9. The molecule has 0 saturated heterocycles. The molecular weight excluding hydrogens is 275 g/mol. The zero-order valence-corrected chi connectivity index (χ0v) is 12.6. The number of carbonyl (C=O) groups is 1. The van der Waals surface area contributed by atoms with Crippen molar-refractivity contribution in [2.45, 2.75) is 0 Å². The van der Waals surface area contributed by atoms with Crippen molar-refractivity contribution in [3.05, 3.63) is 91.0 Å². The highest BCUT2D eigenvalue weighted by Gasteiger charge is 2.14. The van der Waals surface area contributed by atoms with Crippen LogP contribution in [0.4, 0.5) is 0 Å². The summed E-state index contributed by atoms with van der Waals surface area (Å²) >= 11 is 0. The summed E-state index contributed by atoms with van der Waals surface area (Å²) in [5.41, 5.74) is 0. The van der Waals surface area contributed by atoms with Crippen LogP contribution in [0, 0.1) is 0 Å². The summed E-state index contributed by atoms with van der Waals surface area (Å²) in [6, 6.07) is 32.3. The first kappa shape index (κ1) is 15.2. The molecule has 0 saturated carbocycles. The molecule has 0 heterocycles. The predicted molar refractivity (Wildman–Crippen MR) is 92.3 cm³/mol. The van der Waals surface area contributed by atoms with E-state index in [-0.39, 0.29) is 0 Å². The molecule has 3 aromatic carbocycles. The van der Waals surface area contributed by atoms with Gasteiger partial charge in [0.15, 0.2) is 0 Å². The van der Waals surface area contributed by atoms with Crippen molar-refractivity contribution >= 4 is 30.6 Å². The summed E-state index contributed by atoms with van der Waals surface area (Å²) in [5, 5.41) is 4.19. The van der Waals surface area contributed by atoms with Crippen LogP contribution in [-0.2, 0) is 4.79 Å². The molecule has 2 heteroatoms. The van der Waals surface area contributed by atoms with Crippen molar-refractivity contribution < 1.29 is 4.79 Å². The quantitative estimate of drug-likeness (QED) is 0.677. The SMILES string of the molecule is C=O.c1ccc(P(c2ccccc2)c2ccccc2)cc1. The Balaban J connectivity index is 0.000000774. The van der Waals surface area contributed by atoms with E-state index < -0.39 is 7.92 Å². The molecule has 0 aromatic heterocycles. The highest BCUT2D eigenvalue weighted by Crippen LogP contribution is 2.32. The first-order valence-corrected chi connectivity index (χ1v) is 8.03. The van der Waals surface area contributed by atoms with Crippen molar-refractivity contribution in [3.63, 3.8) is 0 Å². The topological polar surface area (TPSA) is 17.1 Å². The molecule has 0 N–H and O–H groups in total. The third-order valence-corrected chi connectivity index (χ3v) is 5.49. The van der Waals surface area contributed by atoms with E-state index in [2.05, 4.69) is 91.0 Å². The molecule has 21 heavy (non-hydrogen) atoms. The second-order valence-corrected chi connectivity index (χ2v) is 6.56. The van der Waals surface area contributed by atoms with Gasteiger partial charge in [0.1, 0.15) is 6.79 Å². The minimum absolute atomic E-state index is 0.446. The molecule has 0 radical (unpaired) electrons. The van der Waals surface area contributed by atoms with Crippen molar-refractivity contribution in [1.82, 2.24) is 0 Å². The number of carbonyl (C=O) groups excluding carboxylic acids is 1. The lowest BCUT2D eigenvalue weighted by Gasteiger charge is -2.18. The Labute approximate surface area is 127 Å². The Bertz CT molecular complexity index is 544. The minimum Gasteiger partial charge on any atom is -0.307 e. The zero-order valence-electron chi connectivity index (χ0n) is 11.7. The fourth-order valence-electron chi connectivity index (χ4n) is 2.18. The predicted octanol–water partition coefficient (Wildman–Crippen LogP) is 3.26. The van der Waals surface area contributed by atoms with Crippen LogP contribution in [0.3, 0.4) is 0 Å². The van der Waals surface area contributed by atoms with E-state index in [1.54, 1.807) is 0 Å². The standard InChI is InChI=1S/C18H15P.CH2O/c1-4-10-16(11-5-1)19(17-12-6-2-7-13-17)18-14-8-3-9-15-18;1-2/h1-15H;1H2. The summed E-state index contributed by atoms with van der Waals surface area (Å²) in [6.45, 7) is 2.00. The van der Waals surface area contributed by atoms with Gasteiger partial charge in [0, 0.05) is 0 Å². The van der Waals surface area contributed by atoms with Crippen molar-refractivity contribution in [2.24, 2.45) is 0 Å². The Hall–Kier alpha value is -2.24. The van der Waals surface area contributed by atoms with E-state index in [9.17, 15) is 0 Å². The molecule has 0 aliphatic rings. The molecule has 0 unspecified atom stereocenters. The molecule has 3 rings (SSSR count). The van der Waals surface area contributed by atoms with Crippen LogP contribution >= 0.6 is 7.92 Å². The summed E-state index contributed by atoms with van der Waals surface area (Å²) in [5.74, 6) is 0. The first-order valence-electron chi connectivity index (χ1n) is 6.69. The van der Waals surface area contributed by atoms with Gasteiger partial charge in [0.25, 0.3) is 0 Å². The van der Waals surface area contributed by atoms with E-state index >= 15 is 0 Å². The maximum Gasteiger partial charge on any atom is 0.106 e. The lowest BCUT2D eigenvalue weighted by Crippen LogP contribution is -2.20. The van der Waals surface area contributed by atoms with Gasteiger partial charge in [-0.1, -0.05) is 91.0 Å². The van der Waals surface area contributed by atoms with Crippen molar-refractivity contribution in [3.8, 4) is 0 Å². The molecule has 0 aliphatic heterocycles. The van der Waals surface area contributed by atoms with Crippen LogP contribution in [0.25, 0.3) is 0 Å². The highest BCUT2D eigenvalue weighted by atomic mass is 31.1. The van der Waals surface area contributed by atoms with E-state index in [0.717, 1.165) is 0 Å². The summed E-state index contributed by atoms with van der Waals surface area (Å²) in [6.07, 6.45) is 0. The van der Waals surface area contributed by atoms with Gasteiger partial charge in [0.2, 0.25) is 0 Å². The van der Waals surface area contributed by atoms with Gasteiger partial charge in [-0.25, -0.2) is 0 Å². The molecular formula is C19H17OP. The number of rotatable bonds is 3. The van der Waals surface area contributed by atoms with E-state index in [1.807, 2.05) is 6.79 Å². The summed E-state index contributed by atoms with van der Waals surface area (Å²) in [4.78, 5) is 8.00. The van der Waals surface area contributed by atoms with E-state index in [0.29, 0.717) is 0 Å². The Morgan fingerprint density at radius 1 is 0.476 bits per heavy atom. The van der Waals surface area contributed by atoms with E-state index in [4.69, 9.17) is 4.79 Å². The largest absolute Gasteiger partial charge is 0.307 e. The number of hydrogen-bond acceptors (Lipinski definition) is 1. The molecule has 0 amide bonds. The van der Waals surface area contributed by atoms with Gasteiger partial charge < -0.3 is 4.79 Å². The molecule has 1 nitrogen and oxygen atoms in total. The molecule has 0 spiro atoms. The molecule has 0 fully saturated rings. The lowest BCUT2D eigenvalue weighted by molar-refractivity contribution is -0.0979. The number of hydrogen-bond donors (Lipinski definition) is 0. The molecule has 0 atom stereocenters. The second kappa shape index (κ2) is 8.14. The van der Waals surface area contributed by atoms with Crippen LogP contribution in [-0.4, -0.2) is 6.79 Å². The molecule has 0 aliphatic carbocycles. The normalized spacial score (nSPS) is 9.76. The van der Waals surface area contributed by atoms with Crippen molar-refractivity contribution in [2.75, 3.05) is 0 Å². The second-order valence-electron chi connectivity index (χ2n) is 4.34. The molecule has 104 valence electrons. The number of benzene rings is 3. The van der Waals surface area contributed by atoms with Gasteiger partial charge in [-0.15, -0.1) is 0 Å². The molecule has 3 aromatic rings. The van der Waals surface area contributed by atoms with Crippen LogP contribution in [0.5, 0.6) is 0 Å². The van der Waals surface area contributed by atoms with Gasteiger partial charge in [-0.3, -0.25) is 0 Å². The summed E-state index contributed by atoms with van der Waals surface area (Å²) < 4.78 is 0. The van der Waals surface area contributed by atoms with Crippen molar-refractivity contribution in [1.29, 1.82) is 0 Å². The van der Waals surface area contributed by atoms with Gasteiger partial charge in [-0.05, 0) is 23.8 Å². The monoisotopic (exact) mass is 292 g/mol. The Kier molecular flexibility index (Phi) is 5.87. The average molecular weight is 292 g/mol. The molecule has 0 bridgehead atoms. The van der Waals surface area contributed by atoms with E-state index in [1.165, 1.54) is 15.9 Å². The first-order chi connectivity index (χ1) is 10.4. The lowest BCUT2D eigenvalue weighted by atomic mass is 10.4. The fraction of sp³-hybridized carbons (Fsp3) is 0. The third kappa shape index (κ3) is 3.87. The fourth-order valence-corrected chi connectivity index (χ4v) is 4.48. The van der Waals surface area contributed by atoms with Crippen LogP contribution in [0.15, 0.2) is 91.0 Å². The maximum atomic E-state index is 8.00. The van der Waals surface area contributed by atoms with Crippen LogP contribution in [0.1, 0.15) is 0 Å². The van der Waals surface area contributed by atoms with Crippen LogP contribution in [0.2, 0.25) is 0 Å². The smallest absolute Gasteiger partial charge is 0.106 e. The maximum absolute atomic E-state index is 8.00. The third-order valence-electron chi connectivity index (χ3n) is 3.04. The average Bonchev–Trinajstić information content (AvgIpc) is 2.60.